The van der Waals surface area contributed by atoms with E-state index in [1.54, 1.807) is 17.3 Å². The maximum absolute atomic E-state index is 13.2. The van der Waals surface area contributed by atoms with Gasteiger partial charge in [-0.2, -0.15) is 0 Å². The summed E-state index contributed by atoms with van der Waals surface area (Å²) in [6.07, 6.45) is 5.05. The molecule has 2 atom stereocenters. The summed E-state index contributed by atoms with van der Waals surface area (Å²) in [5.41, 5.74) is 2.40. The molecule has 0 radical (unpaired) electrons. The smallest absolute Gasteiger partial charge is 0.257 e. The summed E-state index contributed by atoms with van der Waals surface area (Å²) in [6, 6.07) is 1.91. The minimum atomic E-state index is -0.422. The van der Waals surface area contributed by atoms with Crippen LogP contribution in [-0.2, 0) is 11.3 Å². The molecule has 2 aromatic heterocycles. The van der Waals surface area contributed by atoms with Gasteiger partial charge < -0.3 is 19.7 Å². The van der Waals surface area contributed by atoms with E-state index in [0.717, 1.165) is 36.1 Å². The summed E-state index contributed by atoms with van der Waals surface area (Å²) in [4.78, 5) is 39.4. The number of pyridine rings is 1. The zero-order valence-electron chi connectivity index (χ0n) is 15.5. The van der Waals surface area contributed by atoms with E-state index in [1.807, 2.05) is 32.0 Å². The first kappa shape index (κ1) is 17.0. The Balaban J connectivity index is 1.60. The van der Waals surface area contributed by atoms with Crippen LogP contribution in [0.4, 0.5) is 0 Å². The van der Waals surface area contributed by atoms with Gasteiger partial charge in [0.05, 0.1) is 5.56 Å². The third-order valence-electron chi connectivity index (χ3n) is 5.75. The maximum Gasteiger partial charge on any atom is 0.257 e. The first-order chi connectivity index (χ1) is 12.5. The van der Waals surface area contributed by atoms with Crippen LogP contribution in [0, 0.1) is 0 Å². The number of nitrogens with one attached hydrogen (secondary N) is 1. The van der Waals surface area contributed by atoms with Gasteiger partial charge in [0.2, 0.25) is 5.91 Å². The fourth-order valence-corrected chi connectivity index (χ4v) is 4.19. The van der Waals surface area contributed by atoms with Crippen LogP contribution in [0.15, 0.2) is 18.5 Å². The molecule has 138 valence electrons. The average molecular weight is 355 g/mol. The van der Waals surface area contributed by atoms with E-state index in [4.69, 9.17) is 0 Å². The van der Waals surface area contributed by atoms with Crippen molar-refractivity contribution in [1.82, 2.24) is 24.7 Å². The molecule has 0 aromatic carbocycles. The van der Waals surface area contributed by atoms with Crippen molar-refractivity contribution in [2.24, 2.45) is 0 Å². The lowest BCUT2D eigenvalue weighted by molar-refractivity contribution is -0.135. The van der Waals surface area contributed by atoms with Crippen LogP contribution in [0.25, 0.3) is 11.0 Å². The van der Waals surface area contributed by atoms with Crippen LogP contribution >= 0.6 is 0 Å². The van der Waals surface area contributed by atoms with Crippen LogP contribution in [0.5, 0.6) is 0 Å². The molecule has 26 heavy (non-hydrogen) atoms. The number of amides is 2. The van der Waals surface area contributed by atoms with Crippen molar-refractivity contribution in [2.45, 2.75) is 38.4 Å². The molecule has 2 aromatic rings. The zero-order chi connectivity index (χ0) is 18.4. The van der Waals surface area contributed by atoms with Crippen molar-refractivity contribution in [1.29, 1.82) is 0 Å². The number of hydrogen-bond donors (Lipinski definition) is 1. The van der Waals surface area contributed by atoms with E-state index in [2.05, 4.69) is 14.9 Å². The van der Waals surface area contributed by atoms with Crippen LogP contribution in [0.2, 0.25) is 0 Å². The molecule has 0 bridgehead atoms. The predicted molar refractivity (Wildman–Crippen MR) is 98.7 cm³/mol. The first-order valence-electron chi connectivity index (χ1n) is 9.22. The largest absolute Gasteiger partial charge is 0.345 e. The molecular formula is C19H25N5O2. The van der Waals surface area contributed by atoms with E-state index in [1.165, 1.54) is 0 Å². The van der Waals surface area contributed by atoms with E-state index in [0.29, 0.717) is 24.6 Å². The highest BCUT2D eigenvalue weighted by Gasteiger charge is 2.38. The Morgan fingerprint density at radius 1 is 1.46 bits per heavy atom. The fourth-order valence-electron chi connectivity index (χ4n) is 4.19. The second kappa shape index (κ2) is 6.39. The quantitative estimate of drug-likeness (QED) is 0.901. The van der Waals surface area contributed by atoms with Gasteiger partial charge in [0.25, 0.3) is 5.91 Å². The van der Waals surface area contributed by atoms with Crippen molar-refractivity contribution in [3.8, 4) is 0 Å². The van der Waals surface area contributed by atoms with Crippen LogP contribution < -0.4 is 0 Å². The number of H-pyrrole nitrogens is 1. The summed E-state index contributed by atoms with van der Waals surface area (Å²) in [6.45, 7) is 3.93. The summed E-state index contributed by atoms with van der Waals surface area (Å²) in [5, 5.41) is 0.893. The third-order valence-corrected chi connectivity index (χ3v) is 5.75. The number of aromatic nitrogens is 2. The number of likely N-dealkylation sites (tertiary alicyclic amines) is 1. The Hall–Kier alpha value is -2.41. The topological polar surface area (TPSA) is 72.5 Å². The number of carbonyl (C=O) groups is 2. The number of likely N-dealkylation sites (N-methyl/N-ethyl adjacent to an activating group) is 1. The van der Waals surface area contributed by atoms with Crippen molar-refractivity contribution >= 4 is 22.8 Å². The van der Waals surface area contributed by atoms with Gasteiger partial charge in [0.15, 0.2) is 0 Å². The van der Waals surface area contributed by atoms with Crippen molar-refractivity contribution in [3.05, 3.63) is 29.6 Å². The molecule has 2 aliphatic rings. The summed E-state index contributed by atoms with van der Waals surface area (Å²) < 4.78 is 0. The normalized spacial score (nSPS) is 21.1. The number of aromatic amines is 1. The second-order valence-corrected chi connectivity index (χ2v) is 7.44. The summed E-state index contributed by atoms with van der Waals surface area (Å²) in [7, 11) is 4.10. The first-order valence-corrected chi connectivity index (χ1v) is 9.22. The van der Waals surface area contributed by atoms with Crippen molar-refractivity contribution in [3.63, 3.8) is 0 Å². The lowest BCUT2D eigenvalue weighted by atomic mass is 10.00. The van der Waals surface area contributed by atoms with Crippen LogP contribution in [0.1, 0.15) is 35.7 Å². The zero-order valence-corrected chi connectivity index (χ0v) is 15.5. The number of hydrogen-bond acceptors (Lipinski definition) is 4. The lowest BCUT2D eigenvalue weighted by Crippen LogP contribution is -2.51. The fraction of sp³-hybridized carbons (Fsp3) is 0.526. The molecule has 7 heteroatoms. The second-order valence-electron chi connectivity index (χ2n) is 7.44. The standard InChI is InChI=1S/C19H25N5O2/c1-4-15(19(26)23-8-6-13(11-23)22(2)3)24-10-12-5-7-20-17-16(12)14(9-21-17)18(24)25/h5,7,9,13,15H,4,6,8,10-11H2,1-3H3,(H,20,21)/t13?,15-/m1/s1. The van der Waals surface area contributed by atoms with Gasteiger partial charge in [-0.25, -0.2) is 4.98 Å². The number of nitrogens with zero attached hydrogens (tertiary/aromatic N) is 4. The Kier molecular flexibility index (Phi) is 4.19. The molecule has 0 spiro atoms. The van der Waals surface area contributed by atoms with Crippen LogP contribution in [-0.4, -0.2) is 75.8 Å². The highest BCUT2D eigenvalue weighted by atomic mass is 16.2. The Morgan fingerprint density at radius 3 is 2.96 bits per heavy atom. The number of rotatable bonds is 4. The number of carbonyl (C=O) groups excluding carboxylic acids is 2. The van der Waals surface area contributed by atoms with Crippen LogP contribution in [0.3, 0.4) is 0 Å². The van der Waals surface area contributed by atoms with E-state index in [-0.39, 0.29) is 11.8 Å². The minimum absolute atomic E-state index is 0.0643. The molecule has 2 aliphatic heterocycles. The predicted octanol–water partition coefficient (Wildman–Crippen LogP) is 1.46. The van der Waals surface area contributed by atoms with Crippen molar-refractivity contribution < 1.29 is 9.59 Å². The summed E-state index contributed by atoms with van der Waals surface area (Å²) >= 11 is 0. The third kappa shape index (κ3) is 2.58. The molecule has 4 rings (SSSR count). The van der Waals surface area contributed by atoms with E-state index < -0.39 is 6.04 Å². The molecular weight excluding hydrogens is 330 g/mol. The molecule has 2 amide bonds. The van der Waals surface area contributed by atoms with Crippen molar-refractivity contribution in [2.75, 3.05) is 27.2 Å². The molecule has 4 heterocycles. The molecule has 0 saturated carbocycles. The van der Waals surface area contributed by atoms with Gasteiger partial charge in [0, 0.05) is 43.5 Å². The van der Waals surface area contributed by atoms with E-state index >= 15 is 0 Å². The van der Waals surface area contributed by atoms with Gasteiger partial charge in [-0.3, -0.25) is 9.59 Å². The molecule has 1 fully saturated rings. The Morgan fingerprint density at radius 2 is 2.27 bits per heavy atom. The Labute approximate surface area is 153 Å². The van der Waals surface area contributed by atoms with Gasteiger partial charge in [-0.15, -0.1) is 0 Å². The molecule has 1 N–H and O–H groups in total. The monoisotopic (exact) mass is 355 g/mol. The minimum Gasteiger partial charge on any atom is -0.345 e. The molecule has 1 unspecified atom stereocenters. The van der Waals surface area contributed by atoms with E-state index in [9.17, 15) is 9.59 Å². The Bertz CT molecular complexity index is 859. The average Bonchev–Trinajstić information content (AvgIpc) is 3.28. The van der Waals surface area contributed by atoms with Gasteiger partial charge in [-0.05, 0) is 38.6 Å². The maximum atomic E-state index is 13.2. The van der Waals surface area contributed by atoms with Gasteiger partial charge >= 0.3 is 0 Å². The SMILES string of the molecule is CC[C@H](C(=O)N1CCC(N(C)C)C1)N1Cc2ccnc3[nH]cc(c23)C1=O. The molecule has 7 nitrogen and oxygen atoms in total. The lowest BCUT2D eigenvalue weighted by Gasteiger charge is -2.35. The highest BCUT2D eigenvalue weighted by molar-refractivity contribution is 6.10. The summed E-state index contributed by atoms with van der Waals surface area (Å²) in [5.74, 6) is -0.0187. The van der Waals surface area contributed by atoms with Gasteiger partial charge in [0.1, 0.15) is 11.7 Å². The van der Waals surface area contributed by atoms with Gasteiger partial charge in [-0.1, -0.05) is 6.92 Å². The molecule has 0 aliphatic carbocycles. The molecule has 1 saturated heterocycles. The highest BCUT2D eigenvalue weighted by Crippen LogP contribution is 2.31.